The summed E-state index contributed by atoms with van der Waals surface area (Å²) in [7, 11) is 0. The maximum Gasteiger partial charge on any atom is 0.417 e. The number of para-hydroxylation sites is 1. The highest BCUT2D eigenvalue weighted by Gasteiger charge is 2.71. The van der Waals surface area contributed by atoms with Crippen LogP contribution >= 0.6 is 23.2 Å². The molecule has 0 unspecified atom stereocenters. The lowest BCUT2D eigenvalue weighted by Crippen LogP contribution is -2.53. The van der Waals surface area contributed by atoms with Crippen molar-refractivity contribution in [1.82, 2.24) is 14.9 Å². The van der Waals surface area contributed by atoms with Crippen LogP contribution in [0.2, 0.25) is 10.0 Å². The minimum atomic E-state index is -4.75. The molecule has 55 heavy (non-hydrogen) atoms. The summed E-state index contributed by atoms with van der Waals surface area (Å²) in [6.45, 7) is 3.82. The predicted octanol–water partition coefficient (Wildman–Crippen LogP) is 8.16. The van der Waals surface area contributed by atoms with Crippen molar-refractivity contribution in [3.05, 3.63) is 111 Å². The summed E-state index contributed by atoms with van der Waals surface area (Å²) in [4.78, 5) is 64.2. The van der Waals surface area contributed by atoms with Crippen LogP contribution < -0.4 is 5.43 Å². The van der Waals surface area contributed by atoms with E-state index < -0.39 is 63.6 Å². The topological polar surface area (TPSA) is 120 Å². The second-order valence-corrected chi connectivity index (χ2v) is 15.9. The van der Waals surface area contributed by atoms with Gasteiger partial charge in [-0.05, 0) is 67.3 Å². The molecule has 2 aromatic carbocycles. The number of hydrogen-bond acceptors (Lipinski definition) is 7. The first-order valence-corrected chi connectivity index (χ1v) is 19.2. The smallest absolute Gasteiger partial charge is 0.417 e. The van der Waals surface area contributed by atoms with Crippen LogP contribution in [-0.2, 0) is 37.2 Å². The van der Waals surface area contributed by atoms with Gasteiger partial charge in [-0.2, -0.15) is 18.2 Å². The van der Waals surface area contributed by atoms with Gasteiger partial charge >= 0.3 is 6.18 Å². The number of carbonyl (C=O) groups is 4. The van der Waals surface area contributed by atoms with Crippen LogP contribution in [0.25, 0.3) is 0 Å². The number of hydrazine groups is 1. The number of phenols is 1. The fraction of sp³-hybridized carbons (Fsp3) is 0.390. The van der Waals surface area contributed by atoms with Gasteiger partial charge in [0.25, 0.3) is 11.8 Å². The van der Waals surface area contributed by atoms with Crippen LogP contribution in [0.1, 0.15) is 73.1 Å². The predicted molar refractivity (Wildman–Crippen MR) is 198 cm³/mol. The van der Waals surface area contributed by atoms with Crippen LogP contribution in [-0.4, -0.2) is 49.7 Å². The molecule has 4 fully saturated rings. The van der Waals surface area contributed by atoms with E-state index in [-0.39, 0.29) is 42.3 Å². The van der Waals surface area contributed by atoms with Gasteiger partial charge < -0.3 is 5.11 Å². The van der Waals surface area contributed by atoms with Crippen molar-refractivity contribution in [2.24, 2.45) is 23.7 Å². The third-order valence-electron chi connectivity index (χ3n) is 12.4. The number of pyridine rings is 1. The Kier molecular flexibility index (Phi) is 9.35. The Morgan fingerprint density at radius 1 is 0.982 bits per heavy atom. The Bertz CT molecular complexity index is 2150. The first-order valence-electron chi connectivity index (χ1n) is 18.4. The van der Waals surface area contributed by atoms with Crippen molar-refractivity contribution in [2.75, 3.05) is 5.43 Å². The average molecular weight is 794 g/mol. The van der Waals surface area contributed by atoms with E-state index in [1.165, 1.54) is 4.90 Å². The largest absolute Gasteiger partial charge is 0.507 e. The number of aromatic hydroxyl groups is 1. The molecule has 3 aliphatic carbocycles. The van der Waals surface area contributed by atoms with Gasteiger partial charge in [0, 0.05) is 28.7 Å². The second-order valence-electron chi connectivity index (χ2n) is 15.1. The van der Waals surface area contributed by atoms with Gasteiger partial charge in [0.05, 0.1) is 33.8 Å². The van der Waals surface area contributed by atoms with E-state index in [4.69, 9.17) is 23.2 Å². The molecule has 0 bridgehead atoms. The molecule has 2 aliphatic heterocycles. The maximum absolute atomic E-state index is 15.4. The second kappa shape index (κ2) is 13.8. The standard InChI is InChI=1S/C41H37Cl2F3N4O5/c1-2-7-21-8-6-11-28(34(21)51)33-26-16-17-27-32(38(54)49(36(27)52)25-9-4-3-5-10-25)29(26)19-30-37(53)50(39(55)40(30,33)22-12-14-24(42)15-13-22)48-35-31(43)18-23(20-47-35)41(44,45)46/h2,6,8,11-16,18,20,25,27,29-30,32-33,51H,1,3-5,7,9-10,17,19H2,(H,47,48)/t27-,29+,30-,32-,33+,40+/m0/s1. The highest BCUT2D eigenvalue weighted by Crippen LogP contribution is 2.65. The summed E-state index contributed by atoms with van der Waals surface area (Å²) in [5.41, 5.74) is 1.66. The van der Waals surface area contributed by atoms with Crippen LogP contribution in [0.3, 0.4) is 0 Å². The number of phenolic OH excluding ortho intramolecular Hbond substituents is 1. The quantitative estimate of drug-likeness (QED) is 0.183. The zero-order valence-corrected chi connectivity index (χ0v) is 31.0. The summed E-state index contributed by atoms with van der Waals surface area (Å²) in [6, 6.07) is 12.1. The monoisotopic (exact) mass is 792 g/mol. The van der Waals surface area contributed by atoms with E-state index >= 15 is 4.79 Å². The highest BCUT2D eigenvalue weighted by molar-refractivity contribution is 6.33. The van der Waals surface area contributed by atoms with E-state index in [2.05, 4.69) is 17.0 Å². The van der Waals surface area contributed by atoms with Crippen LogP contribution in [0, 0.1) is 23.7 Å². The zero-order chi connectivity index (χ0) is 39.0. The summed E-state index contributed by atoms with van der Waals surface area (Å²) >= 11 is 12.6. The molecule has 2 saturated carbocycles. The van der Waals surface area contributed by atoms with Crippen molar-refractivity contribution in [3.8, 4) is 5.75 Å². The molecule has 8 rings (SSSR count). The Labute approximate surface area is 325 Å². The van der Waals surface area contributed by atoms with Crippen molar-refractivity contribution in [1.29, 1.82) is 0 Å². The van der Waals surface area contributed by atoms with Gasteiger partial charge in [-0.15, -0.1) is 6.58 Å². The van der Waals surface area contributed by atoms with Gasteiger partial charge in [0.15, 0.2) is 5.82 Å². The van der Waals surface area contributed by atoms with E-state index in [0.29, 0.717) is 46.0 Å². The van der Waals surface area contributed by atoms with Gasteiger partial charge in [0.1, 0.15) is 5.75 Å². The lowest BCUT2D eigenvalue weighted by Gasteiger charge is -2.50. The Morgan fingerprint density at radius 3 is 2.38 bits per heavy atom. The molecule has 0 radical (unpaired) electrons. The number of allylic oxidation sites excluding steroid dienone is 3. The summed E-state index contributed by atoms with van der Waals surface area (Å²) in [5, 5.41) is 12.6. The highest BCUT2D eigenvalue weighted by atomic mass is 35.5. The van der Waals surface area contributed by atoms with Crippen molar-refractivity contribution in [2.45, 2.75) is 74.9 Å². The molecular weight excluding hydrogens is 756 g/mol. The summed E-state index contributed by atoms with van der Waals surface area (Å²) in [6.07, 6.45) is 4.16. The minimum absolute atomic E-state index is 0.00626. The minimum Gasteiger partial charge on any atom is -0.507 e. The number of alkyl halides is 3. The fourth-order valence-corrected chi connectivity index (χ4v) is 10.3. The van der Waals surface area contributed by atoms with Gasteiger partial charge in [-0.25, -0.2) is 4.98 Å². The molecule has 3 heterocycles. The average Bonchev–Trinajstić information content (AvgIpc) is 3.54. The first kappa shape index (κ1) is 37.3. The van der Waals surface area contributed by atoms with Crippen LogP contribution in [0.15, 0.2) is 79.0 Å². The number of aromatic nitrogens is 1. The third kappa shape index (κ3) is 5.77. The molecule has 286 valence electrons. The zero-order valence-electron chi connectivity index (χ0n) is 29.5. The van der Waals surface area contributed by atoms with Gasteiger partial charge in [0.2, 0.25) is 11.8 Å². The fourth-order valence-electron chi connectivity index (χ4n) is 10.0. The van der Waals surface area contributed by atoms with Gasteiger partial charge in [-0.3, -0.25) is 29.5 Å². The van der Waals surface area contributed by atoms with E-state index in [1.54, 1.807) is 48.5 Å². The number of nitrogens with one attached hydrogen (secondary N) is 1. The number of hydrogen-bond donors (Lipinski definition) is 2. The number of carbonyl (C=O) groups excluding carboxylic acids is 4. The normalized spacial score (nSPS) is 28.2. The molecule has 3 aromatic rings. The maximum atomic E-state index is 15.4. The van der Waals surface area contributed by atoms with E-state index in [9.17, 15) is 32.7 Å². The molecule has 0 spiro atoms. The molecule has 5 aliphatic rings. The van der Waals surface area contributed by atoms with Gasteiger partial charge in [-0.1, -0.05) is 90.5 Å². The first-order chi connectivity index (χ1) is 26.3. The summed E-state index contributed by atoms with van der Waals surface area (Å²) < 4.78 is 40.5. The summed E-state index contributed by atoms with van der Waals surface area (Å²) in [5.74, 6) is -6.79. The number of fused-ring (bicyclic) bond motifs is 4. The van der Waals surface area contributed by atoms with Crippen LogP contribution in [0.5, 0.6) is 5.75 Å². The van der Waals surface area contributed by atoms with Crippen LogP contribution in [0.4, 0.5) is 19.0 Å². The number of likely N-dealkylation sites (tertiary alicyclic amines) is 1. The molecule has 14 heteroatoms. The number of nitrogens with zero attached hydrogens (tertiary/aromatic N) is 3. The van der Waals surface area contributed by atoms with Crippen molar-refractivity contribution in [3.63, 3.8) is 0 Å². The number of anilines is 1. The Balaban J connectivity index is 1.32. The SMILES string of the molecule is C=CCc1cccc([C@H]2C3=CC[C@@H]4C(=O)N(C5CCCCC5)C(=O)[C@@H]4[C@@H]3C[C@H]3C(=O)N(Nc4ncc(C(F)(F)F)cc4Cl)C(=O)[C@@]23c2ccc(Cl)cc2)c1O. The third-order valence-corrected chi connectivity index (χ3v) is 12.9. The number of imide groups is 2. The Morgan fingerprint density at radius 2 is 1.71 bits per heavy atom. The van der Waals surface area contributed by atoms with Crippen molar-refractivity contribution >= 4 is 52.6 Å². The van der Waals surface area contributed by atoms with E-state index in [0.717, 1.165) is 37.1 Å². The number of benzene rings is 2. The molecule has 2 N–H and O–H groups in total. The molecular formula is C41H37Cl2F3N4O5. The lowest BCUT2D eigenvalue weighted by atomic mass is 9.49. The van der Waals surface area contributed by atoms with E-state index in [1.807, 2.05) is 6.08 Å². The van der Waals surface area contributed by atoms with Crippen molar-refractivity contribution < 1.29 is 37.5 Å². The molecule has 4 amide bonds. The number of amides is 4. The molecule has 9 nitrogen and oxygen atoms in total. The number of halogens is 5. The molecule has 6 atom stereocenters. The molecule has 2 saturated heterocycles. The Hall–Kier alpha value is -4.68. The lowest BCUT2D eigenvalue weighted by molar-refractivity contribution is -0.144. The number of rotatable bonds is 7. The molecule has 1 aromatic heterocycles.